The maximum atomic E-state index is 10.2. The summed E-state index contributed by atoms with van der Waals surface area (Å²) in [5.74, 6) is 3.52. The van der Waals surface area contributed by atoms with Gasteiger partial charge in [-0.15, -0.1) is 0 Å². The highest BCUT2D eigenvalue weighted by molar-refractivity contribution is 5.40. The van der Waals surface area contributed by atoms with Crippen LogP contribution in [0.3, 0.4) is 0 Å². The molecule has 1 nitrogen and oxygen atoms in total. The predicted molar refractivity (Wildman–Crippen MR) is 112 cm³/mol. The Hall–Kier alpha value is -0.820. The molecule has 0 spiro atoms. The minimum Gasteiger partial charge on any atom is -0.393 e. The van der Waals surface area contributed by atoms with Crippen molar-refractivity contribution in [2.45, 2.75) is 90.6 Å². The van der Waals surface area contributed by atoms with Crippen LogP contribution in [-0.4, -0.2) is 11.2 Å². The maximum Gasteiger partial charge on any atom is 0.0543 e. The number of fused-ring (bicyclic) bond motifs is 5. The van der Waals surface area contributed by atoms with E-state index in [1.54, 1.807) is 5.57 Å². The smallest absolute Gasteiger partial charge is 0.0543 e. The van der Waals surface area contributed by atoms with Crippen LogP contribution in [0.5, 0.6) is 0 Å². The number of allylic oxidation sites excluding steroid dienone is 5. The predicted octanol–water partition coefficient (Wildman–Crippen LogP) is 6.59. The Morgan fingerprint density at radius 1 is 0.926 bits per heavy atom. The molecule has 0 heterocycles. The summed E-state index contributed by atoms with van der Waals surface area (Å²) in [6, 6.07) is 0. The highest BCUT2D eigenvalue weighted by Gasteiger charge is 2.59. The molecule has 0 saturated heterocycles. The van der Waals surface area contributed by atoms with Crippen LogP contribution in [0.1, 0.15) is 84.5 Å². The van der Waals surface area contributed by atoms with Gasteiger partial charge >= 0.3 is 0 Å². The molecule has 1 N–H and O–H groups in total. The Labute approximate surface area is 166 Å². The van der Waals surface area contributed by atoms with Crippen molar-refractivity contribution in [3.8, 4) is 0 Å². The Bertz CT molecular complexity index is 699. The summed E-state index contributed by atoms with van der Waals surface area (Å²) >= 11 is 0. The van der Waals surface area contributed by atoms with E-state index in [0.717, 1.165) is 42.9 Å². The van der Waals surface area contributed by atoms with Crippen molar-refractivity contribution in [3.63, 3.8) is 0 Å². The van der Waals surface area contributed by atoms with Gasteiger partial charge in [0.1, 0.15) is 0 Å². The van der Waals surface area contributed by atoms with Gasteiger partial charge in [-0.1, -0.05) is 43.7 Å². The molecule has 0 radical (unpaired) electrons. The normalized spacial score (nSPS) is 52.3. The van der Waals surface area contributed by atoms with Crippen LogP contribution in [0.25, 0.3) is 0 Å². The molecule has 0 aliphatic heterocycles. The van der Waals surface area contributed by atoms with Crippen molar-refractivity contribution in [3.05, 3.63) is 35.5 Å². The minimum absolute atomic E-state index is 0.0239. The van der Waals surface area contributed by atoms with Crippen LogP contribution in [0.4, 0.5) is 0 Å². The molecule has 0 aromatic rings. The van der Waals surface area contributed by atoms with E-state index in [1.807, 2.05) is 5.57 Å². The summed E-state index contributed by atoms with van der Waals surface area (Å²) in [4.78, 5) is 0. The van der Waals surface area contributed by atoms with Crippen LogP contribution < -0.4 is 0 Å². The van der Waals surface area contributed by atoms with E-state index < -0.39 is 0 Å². The third-order valence-corrected chi connectivity index (χ3v) is 10.0. The second kappa shape index (κ2) is 6.34. The molecular formula is C26H38O. The summed E-state index contributed by atoms with van der Waals surface area (Å²) in [7, 11) is 0. The van der Waals surface area contributed by atoms with E-state index in [2.05, 4.69) is 32.6 Å². The molecule has 27 heavy (non-hydrogen) atoms. The van der Waals surface area contributed by atoms with Gasteiger partial charge in [0.15, 0.2) is 0 Å². The van der Waals surface area contributed by atoms with E-state index in [1.165, 1.54) is 56.9 Å². The Balaban J connectivity index is 1.45. The second-order valence-corrected chi connectivity index (χ2v) is 11.1. The van der Waals surface area contributed by atoms with Crippen LogP contribution in [0.15, 0.2) is 35.5 Å². The van der Waals surface area contributed by atoms with Gasteiger partial charge in [-0.25, -0.2) is 0 Å². The molecule has 5 aliphatic carbocycles. The maximum absolute atomic E-state index is 10.2. The molecule has 0 bridgehead atoms. The van der Waals surface area contributed by atoms with Crippen molar-refractivity contribution in [1.29, 1.82) is 0 Å². The first kappa shape index (κ1) is 18.2. The molecule has 7 atom stereocenters. The average Bonchev–Trinajstić information content (AvgIpc) is 3.00. The van der Waals surface area contributed by atoms with Gasteiger partial charge in [0.05, 0.1) is 6.10 Å². The van der Waals surface area contributed by atoms with Gasteiger partial charge in [-0.3, -0.25) is 0 Å². The zero-order valence-corrected chi connectivity index (χ0v) is 17.5. The number of hydrogen-bond acceptors (Lipinski definition) is 1. The first-order valence-corrected chi connectivity index (χ1v) is 11.7. The summed E-state index contributed by atoms with van der Waals surface area (Å²) in [6.07, 6.45) is 18.8. The number of aliphatic hydroxyl groups excluding tert-OH is 1. The largest absolute Gasteiger partial charge is 0.393 e. The van der Waals surface area contributed by atoms with Gasteiger partial charge in [-0.2, -0.15) is 0 Å². The van der Waals surface area contributed by atoms with E-state index >= 15 is 0 Å². The van der Waals surface area contributed by atoms with Gasteiger partial charge in [-0.05, 0) is 111 Å². The molecule has 1 heteroatoms. The Morgan fingerprint density at radius 2 is 1.78 bits per heavy atom. The van der Waals surface area contributed by atoms with Crippen molar-refractivity contribution in [2.24, 2.45) is 34.5 Å². The van der Waals surface area contributed by atoms with Crippen molar-refractivity contribution in [1.82, 2.24) is 0 Å². The van der Waals surface area contributed by atoms with Crippen molar-refractivity contribution < 1.29 is 5.11 Å². The SMILES string of the molecule is C=C1C=C/C(=C2/CCC3C4CCC5C[C@@H](O)CCC5(C)C4CCC23C)CC1. The minimum atomic E-state index is -0.0239. The molecule has 5 aliphatic rings. The average molecular weight is 367 g/mol. The van der Waals surface area contributed by atoms with Crippen LogP contribution >= 0.6 is 0 Å². The summed E-state index contributed by atoms with van der Waals surface area (Å²) in [5, 5.41) is 10.2. The molecule has 5 rings (SSSR count). The topological polar surface area (TPSA) is 20.2 Å². The first-order chi connectivity index (χ1) is 12.9. The van der Waals surface area contributed by atoms with Crippen LogP contribution in [0, 0.1) is 34.5 Å². The summed E-state index contributed by atoms with van der Waals surface area (Å²) < 4.78 is 0. The fourth-order valence-corrected chi connectivity index (χ4v) is 8.51. The van der Waals surface area contributed by atoms with E-state index in [4.69, 9.17) is 0 Å². The van der Waals surface area contributed by atoms with Gasteiger partial charge in [0, 0.05) is 0 Å². The lowest BCUT2D eigenvalue weighted by atomic mass is 9.45. The summed E-state index contributed by atoms with van der Waals surface area (Å²) in [6.45, 7) is 9.38. The second-order valence-electron chi connectivity index (χ2n) is 11.1. The van der Waals surface area contributed by atoms with Crippen LogP contribution in [0.2, 0.25) is 0 Å². The zero-order chi connectivity index (χ0) is 18.8. The molecule has 4 saturated carbocycles. The highest BCUT2D eigenvalue weighted by Crippen LogP contribution is 2.67. The first-order valence-electron chi connectivity index (χ1n) is 11.7. The Morgan fingerprint density at radius 3 is 2.56 bits per heavy atom. The fraction of sp³-hybridized carbons (Fsp3) is 0.769. The highest BCUT2D eigenvalue weighted by atomic mass is 16.3. The molecule has 148 valence electrons. The third-order valence-electron chi connectivity index (χ3n) is 10.0. The van der Waals surface area contributed by atoms with Crippen LogP contribution in [-0.2, 0) is 0 Å². The number of aliphatic hydroxyl groups is 1. The lowest BCUT2D eigenvalue weighted by Gasteiger charge is -2.60. The fourth-order valence-electron chi connectivity index (χ4n) is 8.51. The van der Waals surface area contributed by atoms with E-state index in [0.29, 0.717) is 10.8 Å². The lowest BCUT2D eigenvalue weighted by Crippen LogP contribution is -2.53. The quantitative estimate of drug-likeness (QED) is 0.512. The zero-order valence-electron chi connectivity index (χ0n) is 17.5. The molecule has 0 aromatic carbocycles. The standard InChI is InChI=1S/C26H38O/c1-17-4-6-18(7-5-17)22-10-11-23-21-9-8-19-16-20(27)12-14-25(19,2)24(21)13-15-26(22,23)3/h4,6,19-21,23-24,27H,1,5,7-16H2,2-3H3/b22-18+/t19?,20-,21?,23?,24?,25?,26?/m0/s1. The van der Waals surface area contributed by atoms with E-state index in [9.17, 15) is 5.11 Å². The molecule has 6 unspecified atom stereocenters. The number of hydrogen-bond donors (Lipinski definition) is 1. The van der Waals surface area contributed by atoms with Crippen molar-refractivity contribution in [2.75, 3.05) is 0 Å². The van der Waals surface area contributed by atoms with Gasteiger partial charge in [0.25, 0.3) is 0 Å². The third kappa shape index (κ3) is 2.67. The monoisotopic (exact) mass is 366 g/mol. The number of rotatable bonds is 0. The Kier molecular flexibility index (Phi) is 4.28. The lowest BCUT2D eigenvalue weighted by molar-refractivity contribution is -0.116. The molecule has 4 fully saturated rings. The summed E-state index contributed by atoms with van der Waals surface area (Å²) in [5.41, 5.74) is 5.74. The van der Waals surface area contributed by atoms with Crippen molar-refractivity contribution >= 4 is 0 Å². The van der Waals surface area contributed by atoms with E-state index in [-0.39, 0.29) is 6.10 Å². The van der Waals surface area contributed by atoms with Gasteiger partial charge in [0.2, 0.25) is 0 Å². The molecule has 0 aromatic heterocycles. The van der Waals surface area contributed by atoms with Gasteiger partial charge < -0.3 is 5.11 Å². The molecular weight excluding hydrogens is 328 g/mol. The molecule has 0 amide bonds.